The lowest BCUT2D eigenvalue weighted by Crippen LogP contribution is -2.34. The largest absolute Gasteiger partial charge is 0.478 e. The van der Waals surface area contributed by atoms with Crippen molar-refractivity contribution in [3.8, 4) is 0 Å². The number of carbonyl (C=O) groups is 3. The van der Waals surface area contributed by atoms with Gasteiger partial charge in [0.15, 0.2) is 0 Å². The number of hydrogen-bond donors (Lipinski definition) is 3. The van der Waals surface area contributed by atoms with Crippen LogP contribution in [0.3, 0.4) is 0 Å². The molecule has 7 nitrogen and oxygen atoms in total. The molecule has 0 bridgehead atoms. The molecule has 0 saturated carbocycles. The molecule has 1 aromatic carbocycles. The highest BCUT2D eigenvalue weighted by atomic mass is 79.9. The lowest BCUT2D eigenvalue weighted by atomic mass is 10.1. The summed E-state index contributed by atoms with van der Waals surface area (Å²) < 4.78 is 0.351. The standard InChI is InChI=1S/C13H11BrN2O5/c14-7-2-1-3-8(11(7)13(20)21)15-9-6-10(18)16(4-5-17)12(9)19/h1-3,6,15,17H,4-5H2,(H,20,21). The molecule has 2 rings (SSSR count). The van der Waals surface area contributed by atoms with Crippen LogP contribution < -0.4 is 5.32 Å². The maximum absolute atomic E-state index is 12.0. The molecule has 0 fully saturated rings. The molecule has 21 heavy (non-hydrogen) atoms. The number of carbonyl (C=O) groups excluding carboxylic acids is 2. The van der Waals surface area contributed by atoms with Gasteiger partial charge in [-0.15, -0.1) is 0 Å². The van der Waals surface area contributed by atoms with Crippen LogP contribution in [-0.2, 0) is 9.59 Å². The zero-order valence-corrected chi connectivity index (χ0v) is 12.3. The average molecular weight is 355 g/mol. The monoisotopic (exact) mass is 354 g/mol. The Morgan fingerprint density at radius 2 is 2.05 bits per heavy atom. The number of amides is 2. The van der Waals surface area contributed by atoms with Crippen LogP contribution >= 0.6 is 15.9 Å². The minimum absolute atomic E-state index is 0.0333. The number of benzene rings is 1. The van der Waals surface area contributed by atoms with Crippen molar-refractivity contribution in [2.75, 3.05) is 18.5 Å². The molecule has 0 atom stereocenters. The molecule has 1 heterocycles. The molecule has 1 aromatic rings. The smallest absolute Gasteiger partial charge is 0.338 e. The van der Waals surface area contributed by atoms with Gasteiger partial charge in [-0.1, -0.05) is 6.07 Å². The normalized spacial score (nSPS) is 14.4. The molecule has 3 N–H and O–H groups in total. The zero-order valence-electron chi connectivity index (χ0n) is 10.7. The Morgan fingerprint density at radius 3 is 2.67 bits per heavy atom. The lowest BCUT2D eigenvalue weighted by Gasteiger charge is -2.14. The van der Waals surface area contributed by atoms with Gasteiger partial charge in [-0.25, -0.2) is 4.79 Å². The average Bonchev–Trinajstić information content (AvgIpc) is 2.66. The summed E-state index contributed by atoms with van der Waals surface area (Å²) in [5, 5.41) is 20.7. The number of β-amino-alcohol motifs (C(OH)–C–C–N with tert-alkyl or cyclic N) is 1. The van der Waals surface area contributed by atoms with Crippen molar-refractivity contribution < 1.29 is 24.6 Å². The molecule has 2 amide bonds. The number of hydrogen-bond acceptors (Lipinski definition) is 5. The third kappa shape index (κ3) is 2.96. The Morgan fingerprint density at radius 1 is 1.33 bits per heavy atom. The van der Waals surface area contributed by atoms with E-state index in [1.165, 1.54) is 6.07 Å². The zero-order chi connectivity index (χ0) is 15.6. The van der Waals surface area contributed by atoms with E-state index in [0.29, 0.717) is 4.47 Å². The van der Waals surface area contributed by atoms with E-state index >= 15 is 0 Å². The van der Waals surface area contributed by atoms with Crippen molar-refractivity contribution >= 4 is 39.4 Å². The number of nitrogens with zero attached hydrogens (tertiary/aromatic N) is 1. The molecule has 1 aliphatic rings. The minimum Gasteiger partial charge on any atom is -0.478 e. The Kier molecular flexibility index (Phi) is 4.39. The highest BCUT2D eigenvalue weighted by molar-refractivity contribution is 9.10. The Hall–Kier alpha value is -2.19. The molecule has 8 heteroatoms. The fourth-order valence-electron chi connectivity index (χ4n) is 1.90. The number of nitrogens with one attached hydrogen (secondary N) is 1. The summed E-state index contributed by atoms with van der Waals surface area (Å²) in [6.45, 7) is -0.445. The molecule has 0 radical (unpaired) electrons. The van der Waals surface area contributed by atoms with Crippen molar-refractivity contribution in [2.45, 2.75) is 0 Å². The molecule has 1 aliphatic heterocycles. The summed E-state index contributed by atoms with van der Waals surface area (Å²) in [7, 11) is 0. The van der Waals surface area contributed by atoms with Crippen molar-refractivity contribution in [1.82, 2.24) is 4.90 Å². The van der Waals surface area contributed by atoms with E-state index in [1.807, 2.05) is 0 Å². The number of aliphatic hydroxyl groups is 1. The van der Waals surface area contributed by atoms with Gasteiger partial charge >= 0.3 is 5.97 Å². The van der Waals surface area contributed by atoms with Gasteiger partial charge in [-0.3, -0.25) is 14.5 Å². The summed E-state index contributed by atoms with van der Waals surface area (Å²) in [6, 6.07) is 4.65. The second kappa shape index (κ2) is 6.06. The Balaban J connectivity index is 2.30. The molecule has 0 unspecified atom stereocenters. The minimum atomic E-state index is -1.17. The third-order valence-corrected chi connectivity index (χ3v) is 3.49. The predicted molar refractivity (Wildman–Crippen MR) is 76.6 cm³/mol. The number of aliphatic hydroxyl groups excluding tert-OH is 1. The summed E-state index contributed by atoms with van der Waals surface area (Å²) in [5.41, 5.74) is 0.114. The van der Waals surface area contributed by atoms with Crippen LogP contribution in [0.2, 0.25) is 0 Å². The van der Waals surface area contributed by atoms with E-state index in [1.54, 1.807) is 12.1 Å². The number of carboxylic acids is 1. The van der Waals surface area contributed by atoms with Crippen molar-refractivity contribution in [3.05, 3.63) is 40.0 Å². The van der Waals surface area contributed by atoms with Gasteiger partial charge in [-0.2, -0.15) is 0 Å². The maximum atomic E-state index is 12.0. The number of imide groups is 1. The van der Waals surface area contributed by atoms with Crippen LogP contribution in [0.5, 0.6) is 0 Å². The maximum Gasteiger partial charge on any atom is 0.338 e. The van der Waals surface area contributed by atoms with Gasteiger partial charge in [0.2, 0.25) is 0 Å². The first kappa shape index (κ1) is 15.2. The topological polar surface area (TPSA) is 107 Å². The van der Waals surface area contributed by atoms with Crippen molar-refractivity contribution in [1.29, 1.82) is 0 Å². The Labute approximate surface area is 128 Å². The SMILES string of the molecule is O=C(O)c1c(Br)cccc1NC1=CC(=O)N(CCO)C1=O. The molecule has 0 spiro atoms. The second-order valence-corrected chi connectivity index (χ2v) is 5.02. The van der Waals surface area contributed by atoms with Gasteiger partial charge in [0.1, 0.15) is 5.70 Å². The third-order valence-electron chi connectivity index (χ3n) is 2.83. The van der Waals surface area contributed by atoms with Crippen LogP contribution in [-0.4, -0.2) is 46.0 Å². The van der Waals surface area contributed by atoms with E-state index in [2.05, 4.69) is 21.2 Å². The van der Waals surface area contributed by atoms with Gasteiger partial charge in [-0.05, 0) is 28.1 Å². The first-order valence-corrected chi connectivity index (χ1v) is 6.72. The van der Waals surface area contributed by atoms with Crippen LogP contribution in [0.15, 0.2) is 34.4 Å². The quantitative estimate of drug-likeness (QED) is 0.675. The molecule has 0 aromatic heterocycles. The molecule has 110 valence electrons. The van der Waals surface area contributed by atoms with Crippen LogP contribution in [0.1, 0.15) is 10.4 Å². The Bertz CT molecular complexity index is 656. The van der Waals surface area contributed by atoms with Gasteiger partial charge in [0, 0.05) is 10.5 Å². The number of carboxylic acid groups (broad SMARTS) is 1. The predicted octanol–water partition coefficient (Wildman–Crippen LogP) is 0.804. The van der Waals surface area contributed by atoms with Crippen molar-refractivity contribution in [2.24, 2.45) is 0 Å². The second-order valence-electron chi connectivity index (χ2n) is 4.17. The van der Waals surface area contributed by atoms with E-state index in [9.17, 15) is 19.5 Å². The van der Waals surface area contributed by atoms with Crippen molar-refractivity contribution in [3.63, 3.8) is 0 Å². The number of halogens is 1. The number of rotatable bonds is 5. The number of aromatic carboxylic acids is 1. The first-order chi connectivity index (χ1) is 9.95. The fourth-order valence-corrected chi connectivity index (χ4v) is 2.44. The van der Waals surface area contributed by atoms with Gasteiger partial charge in [0.25, 0.3) is 11.8 Å². The van der Waals surface area contributed by atoms with E-state index < -0.39 is 17.8 Å². The highest BCUT2D eigenvalue weighted by Gasteiger charge is 2.31. The van der Waals surface area contributed by atoms with Gasteiger partial charge < -0.3 is 15.5 Å². The van der Waals surface area contributed by atoms with E-state index in [0.717, 1.165) is 11.0 Å². The lowest BCUT2D eigenvalue weighted by molar-refractivity contribution is -0.137. The van der Waals surface area contributed by atoms with Crippen LogP contribution in [0, 0.1) is 0 Å². The molecule has 0 aliphatic carbocycles. The van der Waals surface area contributed by atoms with Gasteiger partial charge in [0.05, 0.1) is 24.4 Å². The summed E-state index contributed by atoms with van der Waals surface area (Å²) in [6.07, 6.45) is 1.07. The fraction of sp³-hybridized carbons (Fsp3) is 0.154. The first-order valence-electron chi connectivity index (χ1n) is 5.93. The van der Waals surface area contributed by atoms with Crippen LogP contribution in [0.4, 0.5) is 5.69 Å². The van der Waals surface area contributed by atoms with Crippen LogP contribution in [0.25, 0.3) is 0 Å². The summed E-state index contributed by atoms with van der Waals surface area (Å²) >= 11 is 3.13. The van der Waals surface area contributed by atoms with E-state index in [4.69, 9.17) is 5.11 Å². The highest BCUT2D eigenvalue weighted by Crippen LogP contribution is 2.27. The molecular formula is C13H11BrN2O5. The molecular weight excluding hydrogens is 344 g/mol. The number of anilines is 1. The summed E-state index contributed by atoms with van der Waals surface area (Å²) in [4.78, 5) is 35.7. The van der Waals surface area contributed by atoms with E-state index in [-0.39, 0.29) is 30.1 Å². The molecule has 0 saturated heterocycles. The summed E-state index contributed by atoms with van der Waals surface area (Å²) in [5.74, 6) is -2.33.